The van der Waals surface area contributed by atoms with Crippen LogP contribution in [0.4, 0.5) is 4.39 Å². The van der Waals surface area contributed by atoms with Crippen LogP contribution in [0.1, 0.15) is 12.5 Å². The number of epoxide rings is 1. The van der Waals surface area contributed by atoms with Crippen LogP contribution in [0.2, 0.25) is 0 Å². The summed E-state index contributed by atoms with van der Waals surface area (Å²) in [5.41, 5.74) is -0.399. The standard InChI is InChI=1S/C11H9BrClFO3/c1-10(11(13,17-10)9(15)16-2)6-3-4-8(14)7(12)5-6/h3-5H,1-2H3. The third-order valence-corrected chi connectivity index (χ3v) is 4.03. The molecule has 2 rings (SSSR count). The van der Waals surface area contributed by atoms with E-state index in [1.165, 1.54) is 25.3 Å². The first kappa shape index (κ1) is 12.8. The monoisotopic (exact) mass is 322 g/mol. The van der Waals surface area contributed by atoms with Crippen molar-refractivity contribution in [2.24, 2.45) is 0 Å². The van der Waals surface area contributed by atoms with E-state index in [2.05, 4.69) is 20.7 Å². The summed E-state index contributed by atoms with van der Waals surface area (Å²) < 4.78 is 23.2. The fraction of sp³-hybridized carbons (Fsp3) is 0.364. The van der Waals surface area contributed by atoms with Gasteiger partial charge in [0.05, 0.1) is 11.6 Å². The third-order valence-electron chi connectivity index (χ3n) is 2.84. The fourth-order valence-corrected chi connectivity index (χ4v) is 2.38. The van der Waals surface area contributed by atoms with Gasteiger partial charge in [-0.15, -0.1) is 0 Å². The summed E-state index contributed by atoms with van der Waals surface area (Å²) in [5, 5.41) is -1.53. The Bertz CT molecular complexity index is 496. The van der Waals surface area contributed by atoms with Gasteiger partial charge in [-0.05, 0) is 40.5 Å². The molecule has 2 unspecified atom stereocenters. The van der Waals surface area contributed by atoms with Crippen molar-refractivity contribution in [2.45, 2.75) is 17.6 Å². The van der Waals surface area contributed by atoms with Gasteiger partial charge >= 0.3 is 5.97 Å². The summed E-state index contributed by atoms with van der Waals surface area (Å²) in [4.78, 5) is 11.5. The first-order valence-corrected chi connectivity index (χ1v) is 5.95. The van der Waals surface area contributed by atoms with Gasteiger partial charge in [-0.1, -0.05) is 17.7 Å². The molecule has 1 aliphatic rings. The van der Waals surface area contributed by atoms with Crippen molar-refractivity contribution >= 4 is 33.5 Å². The second-order valence-corrected chi connectivity index (χ2v) is 5.24. The van der Waals surface area contributed by atoms with Gasteiger partial charge in [0.15, 0.2) is 0 Å². The Hall–Kier alpha value is -0.650. The van der Waals surface area contributed by atoms with Gasteiger partial charge in [0.25, 0.3) is 5.06 Å². The van der Waals surface area contributed by atoms with Gasteiger partial charge in [-0.2, -0.15) is 0 Å². The van der Waals surface area contributed by atoms with E-state index >= 15 is 0 Å². The molecule has 92 valence electrons. The Balaban J connectivity index is 2.36. The van der Waals surface area contributed by atoms with Crippen molar-refractivity contribution in [1.29, 1.82) is 0 Å². The molecule has 1 aromatic carbocycles. The van der Waals surface area contributed by atoms with E-state index in [1.54, 1.807) is 6.92 Å². The van der Waals surface area contributed by atoms with Crippen molar-refractivity contribution in [1.82, 2.24) is 0 Å². The molecule has 17 heavy (non-hydrogen) atoms. The number of hydrogen-bond acceptors (Lipinski definition) is 3. The second-order valence-electron chi connectivity index (χ2n) is 3.85. The maximum Gasteiger partial charge on any atom is 0.357 e. The average molecular weight is 324 g/mol. The van der Waals surface area contributed by atoms with Gasteiger partial charge in [0.1, 0.15) is 11.4 Å². The summed E-state index contributed by atoms with van der Waals surface area (Å²) in [5.74, 6) is -1.06. The predicted molar refractivity (Wildman–Crippen MR) is 63.1 cm³/mol. The molecule has 6 heteroatoms. The summed E-state index contributed by atoms with van der Waals surface area (Å²) in [6, 6.07) is 4.33. The summed E-state index contributed by atoms with van der Waals surface area (Å²) >= 11 is 9.09. The molecule has 0 spiro atoms. The summed E-state index contributed by atoms with van der Waals surface area (Å²) in [7, 11) is 1.23. The predicted octanol–water partition coefficient (Wildman–Crippen LogP) is 2.94. The van der Waals surface area contributed by atoms with Gasteiger partial charge in [-0.3, -0.25) is 0 Å². The number of hydrogen-bond donors (Lipinski definition) is 0. The Morgan fingerprint density at radius 2 is 2.24 bits per heavy atom. The Morgan fingerprint density at radius 1 is 1.59 bits per heavy atom. The van der Waals surface area contributed by atoms with Gasteiger partial charge in [0, 0.05) is 0 Å². The number of carbonyl (C=O) groups excluding carboxylic acids is 1. The molecule has 0 saturated carbocycles. The molecule has 1 fully saturated rings. The molecule has 0 amide bonds. The minimum absolute atomic E-state index is 0.288. The van der Waals surface area contributed by atoms with E-state index in [-0.39, 0.29) is 4.47 Å². The molecule has 0 aliphatic carbocycles. The lowest BCUT2D eigenvalue weighted by atomic mass is 9.97. The minimum Gasteiger partial charge on any atom is -0.466 e. The van der Waals surface area contributed by atoms with Crippen molar-refractivity contribution in [2.75, 3.05) is 7.11 Å². The van der Waals surface area contributed by atoms with E-state index in [0.29, 0.717) is 5.56 Å². The first-order valence-electron chi connectivity index (χ1n) is 4.78. The zero-order valence-corrected chi connectivity index (χ0v) is 11.4. The summed E-state index contributed by atoms with van der Waals surface area (Å²) in [6.45, 7) is 1.65. The molecule has 1 saturated heterocycles. The highest BCUT2D eigenvalue weighted by atomic mass is 79.9. The largest absolute Gasteiger partial charge is 0.466 e. The quantitative estimate of drug-likeness (QED) is 0.477. The molecule has 0 bridgehead atoms. The number of methoxy groups -OCH3 is 1. The number of rotatable bonds is 2. The molecule has 3 nitrogen and oxygen atoms in total. The van der Waals surface area contributed by atoms with Gasteiger partial charge in [0.2, 0.25) is 0 Å². The van der Waals surface area contributed by atoms with E-state index in [4.69, 9.17) is 16.3 Å². The van der Waals surface area contributed by atoms with Crippen LogP contribution in [-0.4, -0.2) is 18.1 Å². The molecule has 1 heterocycles. The van der Waals surface area contributed by atoms with Crippen LogP contribution in [0, 0.1) is 5.82 Å². The molecular weight excluding hydrogens is 314 g/mol. The zero-order valence-electron chi connectivity index (χ0n) is 9.09. The van der Waals surface area contributed by atoms with E-state index in [1.807, 2.05) is 0 Å². The van der Waals surface area contributed by atoms with Gasteiger partial charge in [-0.25, -0.2) is 9.18 Å². The molecule has 1 aliphatic heterocycles. The molecular formula is C11H9BrClFO3. The summed E-state index contributed by atoms with van der Waals surface area (Å²) in [6.07, 6.45) is 0. The molecule has 0 N–H and O–H groups in total. The number of ether oxygens (including phenoxy) is 2. The fourth-order valence-electron chi connectivity index (χ4n) is 1.66. The van der Waals surface area contributed by atoms with Crippen LogP contribution < -0.4 is 0 Å². The van der Waals surface area contributed by atoms with Crippen LogP contribution in [0.25, 0.3) is 0 Å². The van der Waals surface area contributed by atoms with Crippen LogP contribution >= 0.6 is 27.5 Å². The molecule has 0 radical (unpaired) electrons. The van der Waals surface area contributed by atoms with Gasteiger partial charge < -0.3 is 9.47 Å². The molecule has 2 atom stereocenters. The van der Waals surface area contributed by atoms with E-state index in [9.17, 15) is 9.18 Å². The van der Waals surface area contributed by atoms with Crippen molar-refractivity contribution in [3.05, 3.63) is 34.1 Å². The molecule has 0 aromatic heterocycles. The van der Waals surface area contributed by atoms with Crippen LogP contribution in [0.15, 0.2) is 22.7 Å². The zero-order chi connectivity index (χ0) is 12.8. The van der Waals surface area contributed by atoms with Crippen LogP contribution in [0.3, 0.4) is 0 Å². The van der Waals surface area contributed by atoms with Crippen LogP contribution in [-0.2, 0) is 19.9 Å². The van der Waals surface area contributed by atoms with Crippen molar-refractivity contribution < 1.29 is 18.7 Å². The molecule has 1 aromatic rings. The minimum atomic E-state index is -1.53. The van der Waals surface area contributed by atoms with Crippen molar-refractivity contribution in [3.63, 3.8) is 0 Å². The number of benzene rings is 1. The third kappa shape index (κ3) is 1.77. The first-order chi connectivity index (χ1) is 7.85. The maximum atomic E-state index is 13.1. The van der Waals surface area contributed by atoms with E-state index < -0.39 is 22.4 Å². The second kappa shape index (κ2) is 3.93. The van der Waals surface area contributed by atoms with Crippen molar-refractivity contribution in [3.8, 4) is 0 Å². The Morgan fingerprint density at radius 3 is 2.76 bits per heavy atom. The van der Waals surface area contributed by atoms with E-state index in [0.717, 1.165) is 0 Å². The highest BCUT2D eigenvalue weighted by Gasteiger charge is 2.73. The topological polar surface area (TPSA) is 38.8 Å². The number of esters is 1. The van der Waals surface area contributed by atoms with Crippen LogP contribution in [0.5, 0.6) is 0 Å². The number of alkyl halides is 1. The maximum absolute atomic E-state index is 13.1. The Kier molecular flexibility index (Phi) is 2.96. The Labute approximate surface area is 111 Å². The smallest absolute Gasteiger partial charge is 0.357 e. The number of carbonyl (C=O) groups is 1. The highest BCUT2D eigenvalue weighted by Crippen LogP contribution is 2.59. The highest BCUT2D eigenvalue weighted by molar-refractivity contribution is 9.10. The SMILES string of the molecule is COC(=O)C1(Cl)OC1(C)c1ccc(F)c(Br)c1. The normalized spacial score (nSPS) is 31.1. The lowest BCUT2D eigenvalue weighted by Gasteiger charge is -2.10. The lowest BCUT2D eigenvalue weighted by Crippen LogP contribution is -2.26. The lowest BCUT2D eigenvalue weighted by molar-refractivity contribution is -0.143. The average Bonchev–Trinajstić information content (AvgIpc) is 2.87. The number of halogens is 3.